The molecule has 0 aromatic heterocycles. The first-order valence-electron chi connectivity index (χ1n) is 4.51. The van der Waals surface area contributed by atoms with Gasteiger partial charge in [-0.3, -0.25) is 4.99 Å². The van der Waals surface area contributed by atoms with Gasteiger partial charge in [-0.1, -0.05) is 19.6 Å². The van der Waals surface area contributed by atoms with E-state index in [1.807, 2.05) is 25.9 Å². The maximum atomic E-state index is 10.4. The predicted molar refractivity (Wildman–Crippen MR) is 61.0 cm³/mol. The summed E-state index contributed by atoms with van der Waals surface area (Å²) in [7, 11) is 3.90. The zero-order valence-electron chi connectivity index (χ0n) is 9.84. The van der Waals surface area contributed by atoms with Gasteiger partial charge in [0.25, 0.3) is 0 Å². The van der Waals surface area contributed by atoms with Crippen LogP contribution >= 0.6 is 0 Å². The van der Waals surface area contributed by atoms with Gasteiger partial charge in [0.2, 0.25) is 0 Å². The summed E-state index contributed by atoms with van der Waals surface area (Å²) in [6.07, 6.45) is 0. The summed E-state index contributed by atoms with van der Waals surface area (Å²) >= 11 is 0. The summed E-state index contributed by atoms with van der Waals surface area (Å²) in [4.78, 5) is 6.04. The van der Waals surface area contributed by atoms with Crippen LogP contribution in [0.1, 0.15) is 6.92 Å². The normalized spacial score (nSPS) is 18.3. The molecule has 78 valence electrons. The second kappa shape index (κ2) is 3.80. The van der Waals surface area contributed by atoms with Crippen molar-refractivity contribution in [3.8, 4) is 0 Å². The van der Waals surface area contributed by atoms with Crippen molar-refractivity contribution in [3.63, 3.8) is 0 Å². The molecule has 0 aromatic carbocycles. The first-order valence-corrected chi connectivity index (χ1v) is 8.01. The monoisotopic (exact) mass is 202 g/mol. The van der Waals surface area contributed by atoms with Crippen LogP contribution in [0.2, 0.25) is 19.6 Å². The highest BCUT2D eigenvalue weighted by Crippen LogP contribution is 2.22. The molecule has 0 rings (SSSR count). The van der Waals surface area contributed by atoms with Crippen LogP contribution in [0.5, 0.6) is 0 Å². The van der Waals surface area contributed by atoms with Gasteiger partial charge in [0, 0.05) is 21.1 Å². The molecule has 4 heteroatoms. The molecule has 0 fully saturated rings. The fourth-order valence-corrected chi connectivity index (χ4v) is 2.19. The highest BCUT2D eigenvalue weighted by Gasteiger charge is 2.42. The Morgan fingerprint density at radius 2 is 1.69 bits per heavy atom. The average molecular weight is 202 g/mol. The van der Waals surface area contributed by atoms with Gasteiger partial charge in [-0.25, -0.2) is 0 Å². The second-order valence-corrected chi connectivity index (χ2v) is 10.2. The fourth-order valence-electron chi connectivity index (χ4n) is 1.19. The Kier molecular flexibility index (Phi) is 3.69. The van der Waals surface area contributed by atoms with E-state index in [1.165, 1.54) is 0 Å². The third-order valence-corrected chi connectivity index (χ3v) is 5.68. The Bertz CT molecular complexity index is 204. The maximum absolute atomic E-state index is 10.4. The molecule has 3 nitrogen and oxygen atoms in total. The minimum Gasteiger partial charge on any atom is -0.386 e. The second-order valence-electron chi connectivity index (χ2n) is 4.76. The number of likely N-dealkylation sites (N-methyl/N-ethyl adjacent to an activating group) is 1. The third-order valence-electron chi connectivity index (χ3n) is 2.53. The molecule has 0 bridgehead atoms. The number of hydrogen-bond donors (Lipinski definition) is 1. The molecule has 1 atom stereocenters. The molecule has 0 aliphatic rings. The van der Waals surface area contributed by atoms with Crippen LogP contribution in [0.25, 0.3) is 0 Å². The molecular formula is C9H22N2OSi. The number of nitrogens with zero attached hydrogens (tertiary/aromatic N) is 2. The molecule has 0 saturated heterocycles. The minimum absolute atomic E-state index is 0.759. The zero-order valence-corrected chi connectivity index (χ0v) is 10.8. The van der Waals surface area contributed by atoms with Crippen LogP contribution in [0.4, 0.5) is 0 Å². The molecule has 0 radical (unpaired) electrons. The van der Waals surface area contributed by atoms with Crippen LogP contribution in [0.3, 0.4) is 0 Å². The largest absolute Gasteiger partial charge is 0.386 e. The van der Waals surface area contributed by atoms with Crippen molar-refractivity contribution >= 4 is 13.9 Å². The van der Waals surface area contributed by atoms with Gasteiger partial charge in [-0.2, -0.15) is 0 Å². The van der Waals surface area contributed by atoms with Gasteiger partial charge in [-0.15, -0.1) is 0 Å². The molecule has 0 aromatic rings. The number of amidine groups is 1. The Labute approximate surface area is 82.5 Å². The van der Waals surface area contributed by atoms with Gasteiger partial charge in [0.1, 0.15) is 11.1 Å². The van der Waals surface area contributed by atoms with Crippen molar-refractivity contribution in [2.75, 3.05) is 21.1 Å². The van der Waals surface area contributed by atoms with Crippen LogP contribution < -0.4 is 0 Å². The van der Waals surface area contributed by atoms with Gasteiger partial charge in [0.05, 0.1) is 8.07 Å². The number of hydrogen-bond acceptors (Lipinski definition) is 2. The Morgan fingerprint density at radius 1 is 1.31 bits per heavy atom. The van der Waals surface area contributed by atoms with Gasteiger partial charge in [0.15, 0.2) is 0 Å². The van der Waals surface area contributed by atoms with Gasteiger partial charge >= 0.3 is 0 Å². The van der Waals surface area contributed by atoms with E-state index in [0.29, 0.717) is 0 Å². The number of rotatable bonds is 2. The smallest absolute Gasteiger partial charge is 0.127 e. The van der Waals surface area contributed by atoms with Crippen molar-refractivity contribution in [2.45, 2.75) is 31.8 Å². The molecule has 0 aliphatic heterocycles. The summed E-state index contributed by atoms with van der Waals surface area (Å²) in [5, 5.41) is 9.61. The van der Waals surface area contributed by atoms with Crippen molar-refractivity contribution in [1.82, 2.24) is 4.90 Å². The zero-order chi connectivity index (χ0) is 10.9. The van der Waals surface area contributed by atoms with E-state index >= 15 is 0 Å². The lowest BCUT2D eigenvalue weighted by molar-refractivity contribution is 0.193. The lowest BCUT2D eigenvalue weighted by atomic mass is 10.3. The SMILES string of the molecule is CN=C(N(C)C)C(C)(O)[Si](C)(C)C. The van der Waals surface area contributed by atoms with Crippen LogP contribution in [-0.2, 0) is 0 Å². The van der Waals surface area contributed by atoms with Crippen LogP contribution in [0, 0.1) is 0 Å². The van der Waals surface area contributed by atoms with E-state index in [-0.39, 0.29) is 0 Å². The van der Waals surface area contributed by atoms with E-state index in [4.69, 9.17) is 0 Å². The molecule has 1 N–H and O–H groups in total. The number of aliphatic imine (C=N–C) groups is 1. The van der Waals surface area contributed by atoms with Crippen LogP contribution in [-0.4, -0.2) is 50.3 Å². The first-order chi connectivity index (χ1) is 5.64. The summed E-state index contributed by atoms with van der Waals surface area (Å²) in [5.74, 6) is 0.770. The van der Waals surface area contributed by atoms with E-state index in [1.54, 1.807) is 7.05 Å². The maximum Gasteiger partial charge on any atom is 0.127 e. The van der Waals surface area contributed by atoms with Crippen molar-refractivity contribution in [3.05, 3.63) is 0 Å². The lowest BCUT2D eigenvalue weighted by Crippen LogP contribution is -2.59. The Morgan fingerprint density at radius 3 is 1.77 bits per heavy atom. The molecule has 0 amide bonds. The summed E-state index contributed by atoms with van der Waals surface area (Å²) in [5.41, 5.74) is 0. The predicted octanol–water partition coefficient (Wildman–Crippen LogP) is 1.20. The van der Waals surface area contributed by atoms with Crippen molar-refractivity contribution in [1.29, 1.82) is 0 Å². The molecule has 0 heterocycles. The molecule has 1 unspecified atom stereocenters. The third kappa shape index (κ3) is 2.54. The summed E-state index contributed by atoms with van der Waals surface area (Å²) in [6, 6.07) is 0. The average Bonchev–Trinajstić information content (AvgIpc) is 1.83. The standard InChI is InChI=1S/C9H22N2OSi/c1-9(12,13(5,6)7)8(10-2)11(3)4/h12H,1-7H3. The highest BCUT2D eigenvalue weighted by molar-refractivity contribution is 6.82. The van der Waals surface area contributed by atoms with Crippen LogP contribution in [0.15, 0.2) is 4.99 Å². The molecule has 0 spiro atoms. The number of aliphatic hydroxyl groups is 1. The quantitative estimate of drug-likeness (QED) is 0.415. The van der Waals surface area contributed by atoms with E-state index in [9.17, 15) is 5.11 Å². The first kappa shape index (κ1) is 12.6. The Balaban J connectivity index is 5.03. The fraction of sp³-hybridized carbons (Fsp3) is 0.889. The van der Waals surface area contributed by atoms with Crippen molar-refractivity contribution < 1.29 is 5.11 Å². The van der Waals surface area contributed by atoms with Crippen molar-refractivity contribution in [2.24, 2.45) is 4.99 Å². The highest BCUT2D eigenvalue weighted by atomic mass is 28.3. The summed E-state index contributed by atoms with van der Waals surface area (Å²) in [6.45, 7) is 8.28. The van der Waals surface area contributed by atoms with E-state index in [2.05, 4.69) is 24.6 Å². The van der Waals surface area contributed by atoms with Gasteiger partial charge < -0.3 is 10.0 Å². The molecule has 0 saturated carbocycles. The van der Waals surface area contributed by atoms with E-state index in [0.717, 1.165) is 5.84 Å². The minimum atomic E-state index is -1.65. The van der Waals surface area contributed by atoms with Gasteiger partial charge in [-0.05, 0) is 6.92 Å². The molecule has 0 aliphatic carbocycles. The topological polar surface area (TPSA) is 35.8 Å². The molecule has 13 heavy (non-hydrogen) atoms. The molecular weight excluding hydrogens is 180 g/mol. The summed E-state index contributed by atoms with van der Waals surface area (Å²) < 4.78 is 0. The van der Waals surface area contributed by atoms with E-state index < -0.39 is 13.3 Å². The lowest BCUT2D eigenvalue weighted by Gasteiger charge is -2.39. The Hall–Kier alpha value is -0.353.